The summed E-state index contributed by atoms with van der Waals surface area (Å²) in [5, 5.41) is 41.9. The molecule has 1 atom stereocenters. The number of fused-ring (bicyclic) bond motifs is 2. The first-order chi connectivity index (χ1) is 16.5. The van der Waals surface area contributed by atoms with Crippen LogP contribution < -0.4 is 10.0 Å². The molecule has 0 radical (unpaired) electrons. The molecule has 1 unspecified atom stereocenters. The van der Waals surface area contributed by atoms with E-state index in [-0.39, 0.29) is 20.3 Å². The van der Waals surface area contributed by atoms with Gasteiger partial charge < -0.3 is 25.7 Å². The van der Waals surface area contributed by atoms with Crippen LogP contribution in [0.5, 0.6) is 0 Å². The second kappa shape index (κ2) is 9.47. The van der Waals surface area contributed by atoms with E-state index in [2.05, 4.69) is 33.2 Å². The van der Waals surface area contributed by atoms with Crippen molar-refractivity contribution < 1.29 is 29.4 Å². The summed E-state index contributed by atoms with van der Waals surface area (Å²) in [5.41, 5.74) is 2.36. The fourth-order valence-corrected chi connectivity index (χ4v) is 7.60. The summed E-state index contributed by atoms with van der Waals surface area (Å²) in [7, 11) is -2.25. The molecule has 2 heterocycles. The minimum absolute atomic E-state index is 0.0701. The molecule has 4 rings (SSSR count). The summed E-state index contributed by atoms with van der Waals surface area (Å²) in [6.45, 7) is 1.95. The fraction of sp³-hybridized carbons (Fsp3) is 0.591. The zero-order chi connectivity index (χ0) is 25.6. The predicted molar refractivity (Wildman–Crippen MR) is 131 cm³/mol. The van der Waals surface area contributed by atoms with Crippen LogP contribution >= 0.6 is 11.3 Å². The Morgan fingerprint density at radius 2 is 1.89 bits per heavy atom. The van der Waals surface area contributed by atoms with Crippen LogP contribution in [0.25, 0.3) is 0 Å². The number of nitrogens with one attached hydrogen (secondary N) is 2. The zero-order valence-corrected chi connectivity index (χ0v) is 21.6. The Morgan fingerprint density at radius 1 is 1.17 bits per heavy atom. The number of urea groups is 1. The molecule has 2 aliphatic carbocycles. The number of aliphatic hydroxyl groups excluding tert-OH is 3. The quantitative estimate of drug-likeness (QED) is 0.311. The van der Waals surface area contributed by atoms with Crippen molar-refractivity contribution in [3.63, 3.8) is 0 Å². The lowest BCUT2D eigenvalue weighted by molar-refractivity contribution is -0.0600. The van der Waals surface area contributed by atoms with Gasteiger partial charge in [0.2, 0.25) is 0 Å². The lowest BCUT2D eigenvalue weighted by Crippen LogP contribution is -2.34. The molecular formula is C22H31N5O6S2. The third-order valence-electron chi connectivity index (χ3n) is 6.67. The van der Waals surface area contributed by atoms with Crippen molar-refractivity contribution in [1.82, 2.24) is 14.7 Å². The van der Waals surface area contributed by atoms with E-state index < -0.39 is 41.4 Å². The normalized spacial score (nSPS) is 18.1. The molecule has 35 heavy (non-hydrogen) atoms. The zero-order valence-electron chi connectivity index (χ0n) is 19.9. The second-order valence-corrected chi connectivity index (χ2v) is 12.8. The first-order valence-corrected chi connectivity index (χ1v) is 13.7. The Morgan fingerprint density at radius 3 is 2.51 bits per heavy atom. The third-order valence-corrected chi connectivity index (χ3v) is 10.4. The summed E-state index contributed by atoms with van der Waals surface area (Å²) in [6.07, 6.45) is 4.26. The fourth-order valence-electron chi connectivity index (χ4n) is 4.60. The van der Waals surface area contributed by atoms with Gasteiger partial charge in [0.25, 0.3) is 0 Å². The van der Waals surface area contributed by atoms with Gasteiger partial charge in [0.05, 0.1) is 36.9 Å². The minimum Gasteiger partial charge on any atom is -0.393 e. The van der Waals surface area contributed by atoms with E-state index in [4.69, 9.17) is 4.98 Å². The van der Waals surface area contributed by atoms with Gasteiger partial charge in [-0.2, -0.15) is 0 Å². The van der Waals surface area contributed by atoms with Crippen LogP contribution in [0.2, 0.25) is 0 Å². The predicted octanol–water partition coefficient (Wildman–Crippen LogP) is 1.11. The van der Waals surface area contributed by atoms with Crippen molar-refractivity contribution >= 4 is 33.0 Å². The van der Waals surface area contributed by atoms with Gasteiger partial charge in [0.1, 0.15) is 9.22 Å². The van der Waals surface area contributed by atoms with Gasteiger partial charge in [-0.3, -0.25) is 4.98 Å². The lowest BCUT2D eigenvalue weighted by Gasteiger charge is -2.20. The van der Waals surface area contributed by atoms with Crippen LogP contribution in [-0.4, -0.2) is 60.9 Å². The van der Waals surface area contributed by atoms with Crippen molar-refractivity contribution in [3.05, 3.63) is 33.2 Å². The molecule has 0 aromatic carbocycles. The number of amides is 2. The molecule has 2 aromatic rings. The molecule has 0 bridgehead atoms. The van der Waals surface area contributed by atoms with Crippen molar-refractivity contribution in [1.29, 1.82) is 0 Å². The first kappa shape index (κ1) is 26.1. The van der Waals surface area contributed by atoms with Gasteiger partial charge >= 0.3 is 6.03 Å². The van der Waals surface area contributed by atoms with Crippen LogP contribution in [0, 0.1) is 0 Å². The Hall–Kier alpha value is -2.00. The van der Waals surface area contributed by atoms with E-state index >= 15 is 0 Å². The molecule has 2 aliphatic rings. The minimum atomic E-state index is -3.61. The van der Waals surface area contributed by atoms with Crippen molar-refractivity contribution in [2.75, 3.05) is 25.6 Å². The largest absolute Gasteiger partial charge is 0.393 e. The highest BCUT2D eigenvalue weighted by Crippen LogP contribution is 2.44. The number of carbonyl (C=O) groups is 1. The van der Waals surface area contributed by atoms with E-state index in [1.54, 1.807) is 0 Å². The molecule has 0 fully saturated rings. The van der Waals surface area contributed by atoms with Crippen LogP contribution in [0.15, 0.2) is 8.57 Å². The number of thiazole rings is 1. The van der Waals surface area contributed by atoms with Crippen molar-refractivity contribution in [2.24, 2.45) is 4.36 Å². The van der Waals surface area contributed by atoms with Gasteiger partial charge in [0, 0.05) is 11.1 Å². The topological polar surface area (TPSA) is 177 Å². The molecule has 11 nitrogen and oxygen atoms in total. The average Bonchev–Trinajstić information content (AvgIpc) is 3.56. The Kier molecular flexibility index (Phi) is 7.05. The average molecular weight is 526 g/mol. The highest BCUT2D eigenvalue weighted by molar-refractivity contribution is 7.94. The third kappa shape index (κ3) is 4.50. The van der Waals surface area contributed by atoms with Gasteiger partial charge in [-0.25, -0.2) is 18.7 Å². The number of aromatic nitrogens is 2. The summed E-state index contributed by atoms with van der Waals surface area (Å²) in [4.78, 5) is 22.1. The SMILES string of the molecule is CNS(=O)(=NC(=O)Nc1c2c(nc3c1CCC3(C)C)CCC2)c1sc(C(O)(CO)CO)nc1CO. The number of aryl methyl sites for hydroxylation is 1. The lowest BCUT2D eigenvalue weighted by atomic mass is 9.90. The maximum Gasteiger partial charge on any atom is 0.354 e. The van der Waals surface area contributed by atoms with Gasteiger partial charge in [0.15, 0.2) is 15.5 Å². The molecule has 2 amide bonds. The van der Waals surface area contributed by atoms with E-state index in [0.717, 1.165) is 54.6 Å². The maximum absolute atomic E-state index is 13.7. The first-order valence-electron chi connectivity index (χ1n) is 11.4. The van der Waals surface area contributed by atoms with Gasteiger partial charge in [-0.05, 0) is 50.3 Å². The van der Waals surface area contributed by atoms with Crippen molar-refractivity contribution in [3.8, 4) is 0 Å². The van der Waals surface area contributed by atoms with Gasteiger partial charge in [-0.1, -0.05) is 13.8 Å². The van der Waals surface area contributed by atoms with E-state index in [1.165, 1.54) is 7.05 Å². The smallest absolute Gasteiger partial charge is 0.354 e. The highest BCUT2D eigenvalue weighted by atomic mass is 32.2. The molecule has 0 saturated carbocycles. The Bertz CT molecular complexity index is 1280. The molecule has 0 saturated heterocycles. The Balaban J connectivity index is 1.75. The molecule has 0 aliphatic heterocycles. The molecule has 13 heteroatoms. The van der Waals surface area contributed by atoms with Crippen molar-refractivity contribution in [2.45, 2.75) is 67.8 Å². The number of carbonyl (C=O) groups excluding carboxylic acids is 1. The number of hydrogen-bond donors (Lipinski definition) is 6. The molecular weight excluding hydrogens is 494 g/mol. The van der Waals surface area contributed by atoms with E-state index in [1.807, 2.05) is 0 Å². The molecule has 0 spiro atoms. The van der Waals surface area contributed by atoms with E-state index in [0.29, 0.717) is 17.0 Å². The number of hydrogen-bond acceptors (Lipinski definition) is 9. The van der Waals surface area contributed by atoms with Crippen LogP contribution in [-0.2, 0) is 46.8 Å². The maximum atomic E-state index is 13.7. The monoisotopic (exact) mass is 525 g/mol. The van der Waals surface area contributed by atoms with Crippen LogP contribution in [0.3, 0.4) is 0 Å². The summed E-state index contributed by atoms with van der Waals surface area (Å²) in [6, 6.07) is -0.824. The summed E-state index contributed by atoms with van der Waals surface area (Å²) in [5.74, 6) is 0. The molecule has 6 N–H and O–H groups in total. The standard InChI is InChI=1S/C22H31N5O6S2/c1-21(2)8-7-13-16(12-5-4-6-14(12)24-17(13)21)26-20(31)27-35(33,23-3)18-15(9-28)25-19(34-18)22(32,10-29)11-30/h28-30,32H,4-11H2,1-3H3,(H2,23,24,26,27,31,33). The highest BCUT2D eigenvalue weighted by Gasteiger charge is 2.37. The summed E-state index contributed by atoms with van der Waals surface area (Å²) < 4.78 is 20.1. The van der Waals surface area contributed by atoms with E-state index in [9.17, 15) is 29.4 Å². The molecule has 192 valence electrons. The van der Waals surface area contributed by atoms with Crippen LogP contribution in [0.1, 0.15) is 59.9 Å². The number of anilines is 1. The van der Waals surface area contributed by atoms with Gasteiger partial charge in [-0.15, -0.1) is 15.7 Å². The van der Waals surface area contributed by atoms with Crippen LogP contribution in [0.4, 0.5) is 10.5 Å². The molecule has 2 aromatic heterocycles. The second-order valence-electron chi connectivity index (χ2n) is 9.49. The number of aliphatic hydroxyl groups is 4. The number of pyridine rings is 1. The summed E-state index contributed by atoms with van der Waals surface area (Å²) >= 11 is 0.697. The number of rotatable bonds is 7. The Labute approximate surface area is 208 Å². The number of nitrogens with zero attached hydrogens (tertiary/aromatic N) is 3.